The van der Waals surface area contributed by atoms with Crippen LogP contribution in [0.2, 0.25) is 0 Å². The van der Waals surface area contributed by atoms with Crippen LogP contribution in [0.15, 0.2) is 51.8 Å². The number of hydrogen-bond acceptors (Lipinski definition) is 7. The van der Waals surface area contributed by atoms with Gasteiger partial charge < -0.3 is 19.9 Å². The van der Waals surface area contributed by atoms with Crippen molar-refractivity contribution in [2.45, 2.75) is 137 Å². The number of carbonyl (C=O) groups excluding carboxylic acids is 2. The number of benzene rings is 2. The van der Waals surface area contributed by atoms with Crippen molar-refractivity contribution in [3.05, 3.63) is 79.8 Å². The Balaban J connectivity index is 1.55. The van der Waals surface area contributed by atoms with Crippen LogP contribution < -0.4 is 20.9 Å². The largest absolute Gasteiger partial charge is 0.489 e. The van der Waals surface area contributed by atoms with Crippen molar-refractivity contribution < 1.29 is 23.8 Å². The first-order chi connectivity index (χ1) is 23.9. The lowest BCUT2D eigenvalue weighted by molar-refractivity contribution is -0.384. The molecule has 0 atom stereocenters. The van der Waals surface area contributed by atoms with Crippen molar-refractivity contribution >= 4 is 23.2 Å². The minimum Gasteiger partial charge on any atom is -0.489 e. The fourth-order valence-corrected chi connectivity index (χ4v) is 5.88. The predicted molar refractivity (Wildman–Crippen MR) is 197 cm³/mol. The Morgan fingerprint density at radius 1 is 0.860 bits per heavy atom. The molecule has 0 unspecified atom stereocenters. The molecule has 0 saturated heterocycles. The smallest absolute Gasteiger partial charge is 0.297 e. The summed E-state index contributed by atoms with van der Waals surface area (Å²) in [4.78, 5) is 49.3. The van der Waals surface area contributed by atoms with E-state index in [0.717, 1.165) is 24.0 Å². The number of carbonyl (C=O) groups is 2. The normalized spacial score (nSPS) is 11.4. The molecule has 0 aliphatic rings. The average molecular weight is 693 g/mol. The van der Waals surface area contributed by atoms with E-state index in [-0.39, 0.29) is 29.3 Å². The van der Waals surface area contributed by atoms with Crippen LogP contribution in [0.1, 0.15) is 146 Å². The van der Waals surface area contributed by atoms with E-state index < -0.39 is 27.5 Å². The van der Waals surface area contributed by atoms with Crippen LogP contribution in [0.4, 0.5) is 11.4 Å². The molecular weight excluding hydrogens is 636 g/mol. The van der Waals surface area contributed by atoms with E-state index in [1.54, 1.807) is 24.3 Å². The summed E-state index contributed by atoms with van der Waals surface area (Å²) >= 11 is 0. The molecule has 1 heterocycles. The number of anilines is 1. The Morgan fingerprint density at radius 2 is 1.42 bits per heavy atom. The molecule has 11 heteroatoms. The highest BCUT2D eigenvalue weighted by atomic mass is 16.6. The topological polar surface area (TPSA) is 146 Å². The van der Waals surface area contributed by atoms with Crippen LogP contribution in [0.3, 0.4) is 0 Å². The summed E-state index contributed by atoms with van der Waals surface area (Å²) in [5.74, 6) is 0.175. The SMILES string of the molecule is CCCCCCCCCCCCCCCCNC(=O)c1ccc(-n2oc(C(C)(C)C)c(COc3ccc(NC(C)=O)cc3)c2=O)c([N+](=O)[O-])c1. The van der Waals surface area contributed by atoms with E-state index in [4.69, 9.17) is 9.26 Å². The Labute approximate surface area is 296 Å². The van der Waals surface area contributed by atoms with E-state index in [1.165, 1.54) is 95.8 Å². The summed E-state index contributed by atoms with van der Waals surface area (Å²) in [7, 11) is 0. The number of nitro benzene ring substituents is 1. The van der Waals surface area contributed by atoms with Gasteiger partial charge in [0.25, 0.3) is 17.2 Å². The minimum atomic E-state index is -0.627. The second-order valence-electron chi connectivity index (χ2n) is 14.1. The number of ether oxygens (including phenoxy) is 1. The lowest BCUT2D eigenvalue weighted by Gasteiger charge is -2.16. The van der Waals surface area contributed by atoms with E-state index >= 15 is 0 Å². The lowest BCUT2D eigenvalue weighted by Crippen LogP contribution is -2.25. The Morgan fingerprint density at radius 3 is 1.94 bits per heavy atom. The average Bonchev–Trinajstić information content (AvgIpc) is 3.41. The third-order valence-electron chi connectivity index (χ3n) is 8.61. The molecular formula is C39H56N4O7. The summed E-state index contributed by atoms with van der Waals surface area (Å²) in [5.41, 5.74) is -0.778. The summed E-state index contributed by atoms with van der Waals surface area (Å²) in [5, 5.41) is 17.7. The van der Waals surface area contributed by atoms with Crippen LogP contribution in [-0.4, -0.2) is 28.0 Å². The van der Waals surface area contributed by atoms with Crippen molar-refractivity contribution in [1.82, 2.24) is 10.1 Å². The molecule has 0 radical (unpaired) electrons. The monoisotopic (exact) mass is 692 g/mol. The van der Waals surface area contributed by atoms with Crippen LogP contribution >= 0.6 is 0 Å². The molecule has 11 nitrogen and oxygen atoms in total. The first-order valence-corrected chi connectivity index (χ1v) is 18.3. The molecule has 3 aromatic rings. The molecule has 2 amide bonds. The molecule has 0 saturated carbocycles. The van der Waals surface area contributed by atoms with Crippen molar-refractivity contribution in [2.75, 3.05) is 11.9 Å². The Hall–Kier alpha value is -4.41. The van der Waals surface area contributed by atoms with Crippen LogP contribution in [0.5, 0.6) is 5.75 Å². The van der Waals surface area contributed by atoms with Gasteiger partial charge in [-0.2, -0.15) is 0 Å². The molecule has 1 aromatic heterocycles. The summed E-state index contributed by atoms with van der Waals surface area (Å²) in [6.45, 7) is 9.59. The summed E-state index contributed by atoms with van der Waals surface area (Å²) in [6.07, 6.45) is 17.5. The van der Waals surface area contributed by atoms with Gasteiger partial charge in [-0.1, -0.05) is 111 Å². The molecule has 0 aliphatic carbocycles. The number of amides is 2. The molecule has 0 bridgehead atoms. The summed E-state index contributed by atoms with van der Waals surface area (Å²) < 4.78 is 12.7. The zero-order valence-corrected chi connectivity index (χ0v) is 30.6. The molecule has 2 N–H and O–H groups in total. The van der Waals surface area contributed by atoms with Gasteiger partial charge in [0.2, 0.25) is 5.91 Å². The summed E-state index contributed by atoms with van der Waals surface area (Å²) in [6, 6.07) is 10.7. The zero-order chi connectivity index (χ0) is 36.5. The molecule has 3 rings (SSSR count). The second-order valence-corrected chi connectivity index (χ2v) is 14.1. The number of aromatic nitrogens is 1. The van der Waals surface area contributed by atoms with Crippen LogP contribution in [0, 0.1) is 10.1 Å². The van der Waals surface area contributed by atoms with Crippen molar-refractivity contribution in [1.29, 1.82) is 0 Å². The van der Waals surface area contributed by atoms with Gasteiger partial charge in [0.1, 0.15) is 12.4 Å². The molecule has 0 spiro atoms. The molecule has 0 aliphatic heterocycles. The Bertz CT molecular complexity index is 1590. The first-order valence-electron chi connectivity index (χ1n) is 18.3. The number of nitrogens with one attached hydrogen (secondary N) is 2. The van der Waals surface area contributed by atoms with Gasteiger partial charge in [0.05, 0.1) is 10.5 Å². The fraction of sp³-hybridized carbons (Fsp3) is 0.564. The Kier molecular flexibility index (Phi) is 16.3. The molecule has 50 heavy (non-hydrogen) atoms. The zero-order valence-electron chi connectivity index (χ0n) is 30.6. The predicted octanol–water partition coefficient (Wildman–Crippen LogP) is 9.38. The van der Waals surface area contributed by atoms with Crippen molar-refractivity contribution in [2.24, 2.45) is 0 Å². The van der Waals surface area contributed by atoms with Gasteiger partial charge in [0, 0.05) is 36.2 Å². The van der Waals surface area contributed by atoms with E-state index in [0.29, 0.717) is 23.7 Å². The maximum atomic E-state index is 13.6. The van der Waals surface area contributed by atoms with E-state index in [1.807, 2.05) is 20.8 Å². The maximum Gasteiger partial charge on any atom is 0.297 e. The van der Waals surface area contributed by atoms with E-state index in [2.05, 4.69) is 17.6 Å². The number of rotatable bonds is 22. The van der Waals surface area contributed by atoms with Gasteiger partial charge in [-0.05, 0) is 42.8 Å². The highest BCUT2D eigenvalue weighted by Gasteiger charge is 2.31. The number of hydrogen-bond donors (Lipinski definition) is 2. The number of unbranched alkanes of at least 4 members (excludes halogenated alkanes) is 13. The maximum absolute atomic E-state index is 13.6. The molecule has 0 fully saturated rings. The quantitative estimate of drug-likeness (QED) is 0.0606. The lowest BCUT2D eigenvalue weighted by atomic mass is 9.91. The van der Waals surface area contributed by atoms with Crippen LogP contribution in [0.25, 0.3) is 5.69 Å². The fourth-order valence-electron chi connectivity index (χ4n) is 5.88. The second kappa shape index (κ2) is 20.3. The van der Waals surface area contributed by atoms with Gasteiger partial charge >= 0.3 is 0 Å². The van der Waals surface area contributed by atoms with Crippen molar-refractivity contribution in [3.8, 4) is 11.4 Å². The third-order valence-corrected chi connectivity index (χ3v) is 8.61. The molecule has 2 aromatic carbocycles. The highest BCUT2D eigenvalue weighted by Crippen LogP contribution is 2.30. The van der Waals surface area contributed by atoms with Gasteiger partial charge in [-0.25, -0.2) is 0 Å². The van der Waals surface area contributed by atoms with Crippen LogP contribution in [-0.2, 0) is 16.8 Å². The standard InChI is InChI=1S/C39H56N4O7/c1-6-7-8-9-10-11-12-13-14-15-16-17-18-19-26-40-37(45)30-20-25-34(35(27-30)43(47)48)42-38(46)33(36(50-42)39(3,4)5)28-49-32-23-21-31(22-24-32)41-29(2)44/h20-25,27H,6-19,26,28H2,1-5H3,(H,40,45)(H,41,44). The van der Waals surface area contributed by atoms with E-state index in [9.17, 15) is 24.5 Å². The minimum absolute atomic E-state index is 0.0834. The highest BCUT2D eigenvalue weighted by molar-refractivity contribution is 5.95. The first kappa shape index (κ1) is 40.0. The molecule has 274 valence electrons. The number of nitrogens with zero attached hydrogens (tertiary/aromatic N) is 2. The third kappa shape index (κ3) is 12.8. The van der Waals surface area contributed by atoms with Gasteiger partial charge in [0.15, 0.2) is 11.4 Å². The van der Waals surface area contributed by atoms with Crippen molar-refractivity contribution in [3.63, 3.8) is 0 Å². The number of nitro groups is 1. The van der Waals surface area contributed by atoms with Gasteiger partial charge in [-0.3, -0.25) is 24.5 Å². The van der Waals surface area contributed by atoms with Gasteiger partial charge in [-0.15, -0.1) is 4.74 Å².